The maximum Gasteiger partial charge on any atom is 0.0826 e. The van der Waals surface area contributed by atoms with Gasteiger partial charge in [-0.05, 0) is 12.6 Å². The Morgan fingerprint density at radius 2 is 2.53 bits per heavy atom. The SMILES string of the molecule is CCN1CCOC(CNCc2cc(Cl)cs2)C1. The predicted octanol–water partition coefficient (Wildman–Crippen LogP) is 2.21. The van der Waals surface area contributed by atoms with Crippen LogP contribution in [0.25, 0.3) is 0 Å². The second-order valence-electron chi connectivity index (χ2n) is 4.25. The molecule has 1 fully saturated rings. The Morgan fingerprint density at radius 3 is 3.24 bits per heavy atom. The molecule has 1 aliphatic heterocycles. The van der Waals surface area contributed by atoms with Crippen molar-refractivity contribution in [3.8, 4) is 0 Å². The molecule has 2 rings (SSSR count). The summed E-state index contributed by atoms with van der Waals surface area (Å²) < 4.78 is 5.73. The van der Waals surface area contributed by atoms with E-state index in [9.17, 15) is 0 Å². The molecule has 1 unspecified atom stereocenters. The summed E-state index contributed by atoms with van der Waals surface area (Å²) in [7, 11) is 0. The third-order valence-electron chi connectivity index (χ3n) is 2.96. The minimum atomic E-state index is 0.319. The number of hydrogen-bond donors (Lipinski definition) is 1. The van der Waals surface area contributed by atoms with E-state index in [1.807, 2.05) is 11.4 Å². The lowest BCUT2D eigenvalue weighted by atomic mass is 10.2. The predicted molar refractivity (Wildman–Crippen MR) is 72.9 cm³/mol. The molecule has 1 aromatic rings. The number of thiophene rings is 1. The third kappa shape index (κ3) is 4.23. The molecule has 1 atom stereocenters. The lowest BCUT2D eigenvalue weighted by molar-refractivity contribution is -0.0253. The summed E-state index contributed by atoms with van der Waals surface area (Å²) in [5, 5.41) is 6.23. The first-order chi connectivity index (χ1) is 8.28. The maximum atomic E-state index is 5.88. The van der Waals surface area contributed by atoms with Crippen LogP contribution in [-0.4, -0.2) is 43.8 Å². The number of rotatable bonds is 5. The van der Waals surface area contributed by atoms with Gasteiger partial charge in [-0.15, -0.1) is 11.3 Å². The van der Waals surface area contributed by atoms with Crippen LogP contribution in [0.15, 0.2) is 11.4 Å². The smallest absolute Gasteiger partial charge is 0.0826 e. The van der Waals surface area contributed by atoms with Crippen LogP contribution in [0.2, 0.25) is 5.02 Å². The zero-order valence-corrected chi connectivity index (χ0v) is 11.7. The monoisotopic (exact) mass is 274 g/mol. The van der Waals surface area contributed by atoms with Gasteiger partial charge in [-0.1, -0.05) is 18.5 Å². The van der Waals surface area contributed by atoms with Gasteiger partial charge < -0.3 is 10.1 Å². The number of likely N-dealkylation sites (N-methyl/N-ethyl adjacent to an activating group) is 1. The summed E-state index contributed by atoms with van der Waals surface area (Å²) in [5.74, 6) is 0. The summed E-state index contributed by atoms with van der Waals surface area (Å²) in [6, 6.07) is 2.01. The fourth-order valence-electron chi connectivity index (χ4n) is 1.99. The molecule has 3 nitrogen and oxygen atoms in total. The Kier molecular flexibility index (Phi) is 5.25. The van der Waals surface area contributed by atoms with Crippen molar-refractivity contribution in [1.29, 1.82) is 0 Å². The molecular formula is C12H19ClN2OS. The molecule has 17 heavy (non-hydrogen) atoms. The number of halogens is 1. The highest BCUT2D eigenvalue weighted by molar-refractivity contribution is 7.10. The van der Waals surface area contributed by atoms with Gasteiger partial charge >= 0.3 is 0 Å². The Balaban J connectivity index is 1.68. The highest BCUT2D eigenvalue weighted by Gasteiger charge is 2.18. The second kappa shape index (κ2) is 6.71. The average molecular weight is 275 g/mol. The van der Waals surface area contributed by atoms with E-state index in [2.05, 4.69) is 17.1 Å². The molecule has 2 heterocycles. The molecule has 0 radical (unpaired) electrons. The van der Waals surface area contributed by atoms with Gasteiger partial charge in [0.2, 0.25) is 0 Å². The van der Waals surface area contributed by atoms with Crippen molar-refractivity contribution in [1.82, 2.24) is 10.2 Å². The Hall–Kier alpha value is -0.130. The van der Waals surface area contributed by atoms with Crippen molar-refractivity contribution < 1.29 is 4.74 Å². The van der Waals surface area contributed by atoms with Crippen LogP contribution in [0.4, 0.5) is 0 Å². The molecule has 1 aliphatic rings. The molecule has 0 aromatic carbocycles. The molecule has 0 saturated carbocycles. The van der Waals surface area contributed by atoms with Crippen molar-refractivity contribution in [3.63, 3.8) is 0 Å². The normalized spacial score (nSPS) is 21.9. The maximum absolute atomic E-state index is 5.88. The zero-order chi connectivity index (χ0) is 12.1. The van der Waals surface area contributed by atoms with E-state index in [0.29, 0.717) is 6.10 Å². The van der Waals surface area contributed by atoms with E-state index in [0.717, 1.165) is 44.4 Å². The van der Waals surface area contributed by atoms with E-state index in [-0.39, 0.29) is 0 Å². The highest BCUT2D eigenvalue weighted by atomic mass is 35.5. The Labute approximate surface area is 112 Å². The fraction of sp³-hybridized carbons (Fsp3) is 0.667. The number of ether oxygens (including phenoxy) is 1. The molecule has 96 valence electrons. The molecular weight excluding hydrogens is 256 g/mol. The number of morpholine rings is 1. The summed E-state index contributed by atoms with van der Waals surface area (Å²) in [6.45, 7) is 8.05. The molecule has 1 aromatic heterocycles. The van der Waals surface area contributed by atoms with E-state index in [1.165, 1.54) is 4.88 Å². The largest absolute Gasteiger partial charge is 0.374 e. The van der Waals surface area contributed by atoms with Gasteiger partial charge in [0.15, 0.2) is 0 Å². The van der Waals surface area contributed by atoms with Crippen molar-refractivity contribution in [2.24, 2.45) is 0 Å². The molecule has 1 N–H and O–H groups in total. The van der Waals surface area contributed by atoms with E-state index in [4.69, 9.17) is 16.3 Å². The van der Waals surface area contributed by atoms with Crippen LogP contribution in [0.3, 0.4) is 0 Å². The topological polar surface area (TPSA) is 24.5 Å². The number of nitrogens with one attached hydrogen (secondary N) is 1. The minimum absolute atomic E-state index is 0.319. The summed E-state index contributed by atoms with van der Waals surface area (Å²) in [4.78, 5) is 3.70. The van der Waals surface area contributed by atoms with Crippen LogP contribution in [0.1, 0.15) is 11.8 Å². The lowest BCUT2D eigenvalue weighted by Gasteiger charge is -2.32. The standard InChI is InChI=1S/C12H19ClN2OS/c1-2-15-3-4-16-11(8-15)6-14-7-12-5-10(13)9-17-12/h5,9,11,14H,2-4,6-8H2,1H3. The van der Waals surface area contributed by atoms with Crippen molar-refractivity contribution in [2.45, 2.75) is 19.6 Å². The van der Waals surface area contributed by atoms with Crippen LogP contribution in [-0.2, 0) is 11.3 Å². The van der Waals surface area contributed by atoms with Gasteiger partial charge in [0.25, 0.3) is 0 Å². The first-order valence-electron chi connectivity index (χ1n) is 6.05. The van der Waals surface area contributed by atoms with Crippen LogP contribution >= 0.6 is 22.9 Å². The zero-order valence-electron chi connectivity index (χ0n) is 10.1. The lowest BCUT2D eigenvalue weighted by Crippen LogP contribution is -2.46. The third-order valence-corrected chi connectivity index (χ3v) is 4.25. The molecule has 0 spiro atoms. The van der Waals surface area contributed by atoms with E-state index < -0.39 is 0 Å². The Bertz CT molecular complexity index is 345. The molecule has 5 heteroatoms. The summed E-state index contributed by atoms with van der Waals surface area (Å²) in [6.07, 6.45) is 0.319. The fourth-order valence-corrected chi connectivity index (χ4v) is 3.04. The molecule has 0 bridgehead atoms. The average Bonchev–Trinajstić information content (AvgIpc) is 2.75. The summed E-state index contributed by atoms with van der Waals surface area (Å²) >= 11 is 7.57. The van der Waals surface area contributed by atoms with E-state index in [1.54, 1.807) is 11.3 Å². The second-order valence-corrected chi connectivity index (χ2v) is 5.68. The van der Waals surface area contributed by atoms with Crippen molar-refractivity contribution >= 4 is 22.9 Å². The number of nitrogens with zero attached hydrogens (tertiary/aromatic N) is 1. The highest BCUT2D eigenvalue weighted by Crippen LogP contribution is 2.18. The van der Waals surface area contributed by atoms with Gasteiger partial charge in [0, 0.05) is 36.4 Å². The first kappa shape index (κ1) is 13.3. The molecule has 1 saturated heterocycles. The van der Waals surface area contributed by atoms with E-state index >= 15 is 0 Å². The van der Waals surface area contributed by atoms with Crippen LogP contribution in [0, 0.1) is 0 Å². The molecule has 0 amide bonds. The first-order valence-corrected chi connectivity index (χ1v) is 7.31. The van der Waals surface area contributed by atoms with Crippen molar-refractivity contribution in [2.75, 3.05) is 32.8 Å². The molecule has 0 aliphatic carbocycles. The minimum Gasteiger partial charge on any atom is -0.374 e. The number of hydrogen-bond acceptors (Lipinski definition) is 4. The van der Waals surface area contributed by atoms with Gasteiger partial charge in [0.1, 0.15) is 0 Å². The summed E-state index contributed by atoms with van der Waals surface area (Å²) in [5.41, 5.74) is 0. The van der Waals surface area contributed by atoms with Crippen LogP contribution in [0.5, 0.6) is 0 Å². The Morgan fingerprint density at radius 1 is 1.65 bits per heavy atom. The quantitative estimate of drug-likeness (QED) is 0.891. The van der Waals surface area contributed by atoms with Gasteiger partial charge in [-0.2, -0.15) is 0 Å². The van der Waals surface area contributed by atoms with Gasteiger partial charge in [-0.25, -0.2) is 0 Å². The van der Waals surface area contributed by atoms with Gasteiger partial charge in [-0.3, -0.25) is 4.90 Å². The van der Waals surface area contributed by atoms with Gasteiger partial charge in [0.05, 0.1) is 17.7 Å². The van der Waals surface area contributed by atoms with Crippen LogP contribution < -0.4 is 5.32 Å². The van der Waals surface area contributed by atoms with Crippen molar-refractivity contribution in [3.05, 3.63) is 21.3 Å².